The summed E-state index contributed by atoms with van der Waals surface area (Å²) in [5.74, 6) is -2.22. The number of aryl methyl sites for hydroxylation is 1. The van der Waals surface area contributed by atoms with E-state index in [4.69, 9.17) is 4.74 Å². The van der Waals surface area contributed by atoms with Crippen LogP contribution in [0.15, 0.2) is 6.07 Å². The molecule has 0 bridgehead atoms. The van der Waals surface area contributed by atoms with Crippen molar-refractivity contribution in [3.63, 3.8) is 0 Å². The molecule has 1 fully saturated rings. The fourth-order valence-electron chi connectivity index (χ4n) is 2.79. The van der Waals surface area contributed by atoms with Gasteiger partial charge in [-0.15, -0.1) is 11.3 Å². The van der Waals surface area contributed by atoms with E-state index < -0.39 is 18.1 Å². The van der Waals surface area contributed by atoms with Crippen molar-refractivity contribution in [2.75, 3.05) is 31.6 Å². The van der Waals surface area contributed by atoms with Gasteiger partial charge in [0.2, 0.25) is 5.91 Å². The van der Waals surface area contributed by atoms with Crippen LogP contribution in [-0.2, 0) is 9.53 Å². The van der Waals surface area contributed by atoms with Gasteiger partial charge in [0.25, 0.3) is 0 Å². The number of hydrogen-bond donors (Lipinski definition) is 1. The molecule has 1 unspecified atom stereocenters. The van der Waals surface area contributed by atoms with Gasteiger partial charge in [-0.25, -0.2) is 4.79 Å². The standard InChI is InChI=1S/C16H21F3N2O3S/c1-3-24-15(23)14-10(2)7-13(25-14)20-12(22)9-21-6-4-5-11(8-21)16(17,18)19/h7,11H,3-6,8-9H2,1-2H3,(H,20,22). The highest BCUT2D eigenvalue weighted by Crippen LogP contribution is 2.33. The Morgan fingerprint density at radius 2 is 2.16 bits per heavy atom. The van der Waals surface area contributed by atoms with Gasteiger partial charge < -0.3 is 10.1 Å². The molecule has 1 aromatic rings. The van der Waals surface area contributed by atoms with Crippen LogP contribution in [0.3, 0.4) is 0 Å². The fourth-order valence-corrected chi connectivity index (χ4v) is 3.77. The minimum Gasteiger partial charge on any atom is -0.462 e. The largest absolute Gasteiger partial charge is 0.462 e. The molecule has 5 nitrogen and oxygen atoms in total. The van der Waals surface area contributed by atoms with E-state index in [9.17, 15) is 22.8 Å². The van der Waals surface area contributed by atoms with Gasteiger partial charge in [-0.05, 0) is 44.9 Å². The number of nitrogens with zero attached hydrogens (tertiary/aromatic N) is 1. The number of rotatable bonds is 5. The number of ether oxygens (including phenoxy) is 1. The summed E-state index contributed by atoms with van der Waals surface area (Å²) in [5.41, 5.74) is 0.689. The van der Waals surface area contributed by atoms with Crippen LogP contribution in [0.25, 0.3) is 0 Å². The lowest BCUT2D eigenvalue weighted by atomic mass is 9.97. The SMILES string of the molecule is CCOC(=O)c1sc(NC(=O)CN2CCCC(C(F)(F)F)C2)cc1C. The Morgan fingerprint density at radius 1 is 1.44 bits per heavy atom. The number of nitrogens with one attached hydrogen (secondary N) is 1. The maximum absolute atomic E-state index is 12.8. The van der Waals surface area contributed by atoms with Gasteiger partial charge in [0, 0.05) is 6.54 Å². The Morgan fingerprint density at radius 3 is 2.80 bits per heavy atom. The summed E-state index contributed by atoms with van der Waals surface area (Å²) in [5, 5.41) is 3.13. The molecule has 1 saturated heterocycles. The van der Waals surface area contributed by atoms with Gasteiger partial charge in [0.05, 0.1) is 24.1 Å². The average molecular weight is 378 g/mol. The quantitative estimate of drug-likeness (QED) is 0.798. The minimum atomic E-state index is -4.23. The minimum absolute atomic E-state index is 0.0989. The molecule has 1 atom stereocenters. The molecule has 0 aliphatic carbocycles. The fraction of sp³-hybridized carbons (Fsp3) is 0.625. The van der Waals surface area contributed by atoms with Crippen molar-refractivity contribution in [1.82, 2.24) is 4.90 Å². The Kier molecular flexibility index (Phi) is 6.45. The second kappa shape index (κ2) is 8.18. The van der Waals surface area contributed by atoms with E-state index in [1.807, 2.05) is 0 Å². The van der Waals surface area contributed by atoms with E-state index in [0.29, 0.717) is 28.4 Å². The molecular weight excluding hydrogens is 357 g/mol. The molecule has 9 heteroatoms. The third-order valence-electron chi connectivity index (χ3n) is 3.98. The van der Waals surface area contributed by atoms with Crippen molar-refractivity contribution in [2.24, 2.45) is 5.92 Å². The number of likely N-dealkylation sites (tertiary alicyclic amines) is 1. The summed E-state index contributed by atoms with van der Waals surface area (Å²) in [6.07, 6.45) is -3.70. The topological polar surface area (TPSA) is 58.6 Å². The second-order valence-corrected chi connectivity index (χ2v) is 7.06. The van der Waals surface area contributed by atoms with Gasteiger partial charge in [-0.3, -0.25) is 9.69 Å². The van der Waals surface area contributed by atoms with Crippen molar-refractivity contribution < 1.29 is 27.5 Å². The van der Waals surface area contributed by atoms with E-state index in [-0.39, 0.29) is 32.0 Å². The Bertz CT molecular complexity index is 631. The van der Waals surface area contributed by atoms with Crippen molar-refractivity contribution >= 4 is 28.2 Å². The van der Waals surface area contributed by atoms with Crippen molar-refractivity contribution in [1.29, 1.82) is 0 Å². The molecule has 0 saturated carbocycles. The first-order valence-corrected chi connectivity index (χ1v) is 8.88. The van der Waals surface area contributed by atoms with Gasteiger partial charge >= 0.3 is 12.1 Å². The number of alkyl halides is 3. The molecule has 1 aromatic heterocycles. The molecule has 1 aliphatic rings. The molecule has 1 N–H and O–H groups in total. The van der Waals surface area contributed by atoms with Gasteiger partial charge in [-0.2, -0.15) is 13.2 Å². The molecule has 1 aliphatic heterocycles. The van der Waals surface area contributed by atoms with Crippen molar-refractivity contribution in [2.45, 2.75) is 32.9 Å². The normalized spacial score (nSPS) is 18.8. The second-order valence-electron chi connectivity index (χ2n) is 6.01. The van der Waals surface area contributed by atoms with Crippen LogP contribution < -0.4 is 5.32 Å². The molecule has 2 rings (SSSR count). The molecule has 140 valence electrons. The van der Waals surface area contributed by atoms with Crippen LogP contribution in [0, 0.1) is 12.8 Å². The van der Waals surface area contributed by atoms with E-state index >= 15 is 0 Å². The molecule has 0 aromatic carbocycles. The van der Waals surface area contributed by atoms with E-state index in [0.717, 1.165) is 11.3 Å². The van der Waals surface area contributed by atoms with Crippen LogP contribution in [0.5, 0.6) is 0 Å². The van der Waals surface area contributed by atoms with Crippen LogP contribution in [0.4, 0.5) is 18.2 Å². The predicted molar refractivity (Wildman–Crippen MR) is 88.9 cm³/mol. The van der Waals surface area contributed by atoms with E-state index in [1.54, 1.807) is 19.9 Å². The number of halogens is 3. The van der Waals surface area contributed by atoms with Crippen LogP contribution >= 0.6 is 11.3 Å². The van der Waals surface area contributed by atoms with Crippen LogP contribution in [-0.4, -0.2) is 49.2 Å². The number of esters is 1. The first kappa shape index (κ1) is 19.7. The number of carbonyl (C=O) groups is 2. The lowest BCUT2D eigenvalue weighted by Crippen LogP contribution is -2.44. The summed E-state index contributed by atoms with van der Waals surface area (Å²) in [6.45, 7) is 3.91. The Balaban J connectivity index is 1.92. The van der Waals surface area contributed by atoms with Crippen LogP contribution in [0.1, 0.15) is 35.0 Å². The number of hydrogen-bond acceptors (Lipinski definition) is 5. The third-order valence-corrected chi connectivity index (χ3v) is 5.11. The maximum Gasteiger partial charge on any atom is 0.393 e. The highest BCUT2D eigenvalue weighted by Gasteiger charge is 2.41. The van der Waals surface area contributed by atoms with Crippen molar-refractivity contribution in [3.8, 4) is 0 Å². The number of piperidine rings is 1. The van der Waals surface area contributed by atoms with Gasteiger partial charge in [0.1, 0.15) is 4.88 Å². The first-order chi connectivity index (χ1) is 11.7. The maximum atomic E-state index is 12.8. The molecule has 25 heavy (non-hydrogen) atoms. The molecule has 1 amide bonds. The predicted octanol–water partition coefficient (Wildman–Crippen LogP) is 3.45. The monoisotopic (exact) mass is 378 g/mol. The summed E-state index contributed by atoms with van der Waals surface area (Å²) in [4.78, 5) is 25.8. The zero-order chi connectivity index (χ0) is 18.6. The van der Waals surface area contributed by atoms with Crippen LogP contribution in [0.2, 0.25) is 0 Å². The number of anilines is 1. The lowest BCUT2D eigenvalue weighted by Gasteiger charge is -2.33. The summed E-state index contributed by atoms with van der Waals surface area (Å²) in [6, 6.07) is 1.66. The third kappa shape index (κ3) is 5.43. The summed E-state index contributed by atoms with van der Waals surface area (Å²) >= 11 is 1.10. The molecule has 0 spiro atoms. The first-order valence-electron chi connectivity index (χ1n) is 8.07. The Labute approximate surface area is 148 Å². The smallest absolute Gasteiger partial charge is 0.393 e. The van der Waals surface area contributed by atoms with Gasteiger partial charge in [-0.1, -0.05) is 0 Å². The zero-order valence-corrected chi connectivity index (χ0v) is 14.9. The lowest BCUT2D eigenvalue weighted by molar-refractivity contribution is -0.186. The zero-order valence-electron chi connectivity index (χ0n) is 14.1. The number of amides is 1. The summed E-state index contributed by atoms with van der Waals surface area (Å²) in [7, 11) is 0. The summed E-state index contributed by atoms with van der Waals surface area (Å²) < 4.78 is 43.4. The number of thiophene rings is 1. The molecule has 2 heterocycles. The molecule has 0 radical (unpaired) electrons. The van der Waals surface area contributed by atoms with E-state index in [2.05, 4.69) is 5.32 Å². The number of carbonyl (C=O) groups excluding carboxylic acids is 2. The van der Waals surface area contributed by atoms with Gasteiger partial charge in [0.15, 0.2) is 0 Å². The molecular formula is C16H21F3N2O3S. The highest BCUT2D eigenvalue weighted by molar-refractivity contribution is 7.18. The van der Waals surface area contributed by atoms with E-state index in [1.165, 1.54) is 4.90 Å². The Hall–Kier alpha value is -1.61. The van der Waals surface area contributed by atoms with Crippen molar-refractivity contribution in [3.05, 3.63) is 16.5 Å². The highest BCUT2D eigenvalue weighted by atomic mass is 32.1. The average Bonchev–Trinajstić information content (AvgIpc) is 2.87.